The van der Waals surface area contributed by atoms with E-state index in [1.54, 1.807) is 37.5 Å². The maximum absolute atomic E-state index is 13.0. The Balaban J connectivity index is 1.94. The lowest BCUT2D eigenvalue weighted by atomic mass is 10.1. The fourth-order valence-electron chi connectivity index (χ4n) is 2.99. The lowest BCUT2D eigenvalue weighted by Crippen LogP contribution is -2.26. The predicted octanol–water partition coefficient (Wildman–Crippen LogP) is 3.20. The number of nitriles is 1. The minimum absolute atomic E-state index is 0.134. The summed E-state index contributed by atoms with van der Waals surface area (Å²) in [5, 5.41) is 23.4. The summed E-state index contributed by atoms with van der Waals surface area (Å²) < 4.78 is 0. The molecule has 142 valence electrons. The van der Waals surface area contributed by atoms with Gasteiger partial charge in [-0.1, -0.05) is 0 Å². The summed E-state index contributed by atoms with van der Waals surface area (Å²) in [6.07, 6.45) is 3.77. The van der Waals surface area contributed by atoms with Gasteiger partial charge in [0.1, 0.15) is 0 Å². The molecule has 1 atom stereocenters. The molecule has 8 heteroatoms. The maximum Gasteiger partial charge on any atom is 0.270 e. The Bertz CT molecular complexity index is 957. The first-order chi connectivity index (χ1) is 13.5. The van der Waals surface area contributed by atoms with Crippen LogP contribution in [0.4, 0.5) is 17.1 Å². The van der Waals surface area contributed by atoms with Crippen LogP contribution in [0, 0.1) is 21.4 Å². The van der Waals surface area contributed by atoms with Crippen molar-refractivity contribution in [2.75, 3.05) is 18.5 Å². The molecule has 0 bridgehead atoms. The number of benzene rings is 2. The lowest BCUT2D eigenvalue weighted by Gasteiger charge is -2.18. The number of anilines is 1. The number of nitrogens with one attached hydrogen (secondary N) is 1. The Hall–Kier alpha value is -3.57. The number of aliphatic imine (C=N–C) groups is 1. The van der Waals surface area contributed by atoms with Crippen LogP contribution in [0.2, 0.25) is 0 Å². The molecule has 1 heterocycles. The molecule has 28 heavy (non-hydrogen) atoms. The van der Waals surface area contributed by atoms with Crippen LogP contribution >= 0.6 is 0 Å². The number of non-ortho nitro benzene ring substituents is 1. The van der Waals surface area contributed by atoms with Gasteiger partial charge >= 0.3 is 0 Å². The smallest absolute Gasteiger partial charge is 0.270 e. The second-order valence-electron chi connectivity index (χ2n) is 6.46. The Labute approximate surface area is 162 Å². The minimum atomic E-state index is -0.537. The molecule has 0 saturated carbocycles. The van der Waals surface area contributed by atoms with E-state index in [2.05, 4.69) is 10.3 Å². The van der Waals surface area contributed by atoms with Gasteiger partial charge in [-0.15, -0.1) is 0 Å². The number of rotatable bonds is 5. The average molecular weight is 377 g/mol. The van der Waals surface area contributed by atoms with E-state index >= 15 is 0 Å². The first-order valence-electron chi connectivity index (χ1n) is 8.84. The molecule has 0 radical (unpaired) electrons. The van der Waals surface area contributed by atoms with Gasteiger partial charge < -0.3 is 10.2 Å². The van der Waals surface area contributed by atoms with Crippen molar-refractivity contribution in [1.82, 2.24) is 5.32 Å². The predicted molar refractivity (Wildman–Crippen MR) is 106 cm³/mol. The van der Waals surface area contributed by atoms with E-state index in [0.717, 1.165) is 19.4 Å². The van der Waals surface area contributed by atoms with Gasteiger partial charge in [0.2, 0.25) is 0 Å². The van der Waals surface area contributed by atoms with E-state index in [1.807, 2.05) is 6.07 Å². The zero-order valence-corrected chi connectivity index (χ0v) is 15.3. The quantitative estimate of drug-likeness (QED) is 0.488. The Morgan fingerprint density at radius 1 is 1.36 bits per heavy atom. The normalized spacial score (nSPS) is 16.1. The fourth-order valence-corrected chi connectivity index (χ4v) is 2.99. The molecule has 1 saturated heterocycles. The standard InChI is InChI=1S/C20H19N5O3/c1-24(16-6-4-14(12-21)5-7-16)20(26)18-11-17(25(27)28)8-9-19(18)23-13-15-3-2-10-22-15/h4-9,11,13,15,22H,2-3,10H2,1H3/b23-13+. The van der Waals surface area contributed by atoms with Crippen LogP contribution in [-0.4, -0.2) is 36.7 Å². The number of nitrogens with zero attached hydrogens (tertiary/aromatic N) is 4. The van der Waals surface area contributed by atoms with Crippen LogP contribution in [0.15, 0.2) is 47.5 Å². The lowest BCUT2D eigenvalue weighted by molar-refractivity contribution is -0.384. The first kappa shape index (κ1) is 19.2. The second kappa shape index (κ2) is 8.41. The Morgan fingerprint density at radius 2 is 2.11 bits per heavy atom. The van der Waals surface area contributed by atoms with E-state index < -0.39 is 10.8 Å². The van der Waals surface area contributed by atoms with Crippen molar-refractivity contribution in [2.45, 2.75) is 18.9 Å². The molecule has 2 aromatic rings. The third-order valence-electron chi connectivity index (χ3n) is 4.60. The molecule has 1 unspecified atom stereocenters. The third-order valence-corrected chi connectivity index (χ3v) is 4.60. The van der Waals surface area contributed by atoms with Crippen LogP contribution < -0.4 is 10.2 Å². The summed E-state index contributed by atoms with van der Waals surface area (Å²) in [6, 6.07) is 12.8. The van der Waals surface area contributed by atoms with Crippen LogP contribution in [0.1, 0.15) is 28.8 Å². The van der Waals surface area contributed by atoms with E-state index in [4.69, 9.17) is 5.26 Å². The molecule has 2 aromatic carbocycles. The molecule has 0 aromatic heterocycles. The van der Waals surface area contributed by atoms with Crippen molar-refractivity contribution < 1.29 is 9.72 Å². The highest BCUT2D eigenvalue weighted by Crippen LogP contribution is 2.27. The number of hydrogen-bond donors (Lipinski definition) is 1. The topological polar surface area (TPSA) is 112 Å². The fraction of sp³-hybridized carbons (Fsp3) is 0.250. The first-order valence-corrected chi connectivity index (χ1v) is 8.84. The van der Waals surface area contributed by atoms with Gasteiger partial charge in [0.05, 0.1) is 27.8 Å². The molecular weight excluding hydrogens is 358 g/mol. The number of amides is 1. The Morgan fingerprint density at radius 3 is 2.71 bits per heavy atom. The summed E-state index contributed by atoms with van der Waals surface area (Å²) in [7, 11) is 1.58. The summed E-state index contributed by atoms with van der Waals surface area (Å²) in [4.78, 5) is 29.5. The largest absolute Gasteiger partial charge is 0.311 e. The monoisotopic (exact) mass is 377 g/mol. The van der Waals surface area contributed by atoms with Crippen LogP contribution in [-0.2, 0) is 0 Å². The molecule has 1 N–H and O–H groups in total. The molecular formula is C20H19N5O3. The van der Waals surface area contributed by atoms with E-state index in [1.165, 1.54) is 23.1 Å². The summed E-state index contributed by atoms with van der Waals surface area (Å²) >= 11 is 0. The number of carbonyl (C=O) groups is 1. The van der Waals surface area contributed by atoms with Gasteiger partial charge in [0, 0.05) is 37.1 Å². The van der Waals surface area contributed by atoms with Gasteiger partial charge in [-0.2, -0.15) is 5.26 Å². The van der Waals surface area contributed by atoms with Crippen molar-refractivity contribution in [2.24, 2.45) is 4.99 Å². The number of nitro benzene ring substituents is 1. The maximum atomic E-state index is 13.0. The van der Waals surface area contributed by atoms with Crippen molar-refractivity contribution in [1.29, 1.82) is 5.26 Å². The zero-order valence-electron chi connectivity index (χ0n) is 15.3. The minimum Gasteiger partial charge on any atom is -0.311 e. The van der Waals surface area contributed by atoms with Crippen LogP contribution in [0.3, 0.4) is 0 Å². The van der Waals surface area contributed by atoms with Crippen molar-refractivity contribution in [3.8, 4) is 6.07 Å². The van der Waals surface area contributed by atoms with Gasteiger partial charge in [0.15, 0.2) is 0 Å². The van der Waals surface area contributed by atoms with Gasteiger partial charge in [-0.3, -0.25) is 19.9 Å². The summed E-state index contributed by atoms with van der Waals surface area (Å²) in [5.74, 6) is -0.417. The molecule has 1 amide bonds. The second-order valence-corrected chi connectivity index (χ2v) is 6.46. The number of carbonyl (C=O) groups excluding carboxylic acids is 1. The van der Waals surface area contributed by atoms with Crippen molar-refractivity contribution in [3.63, 3.8) is 0 Å². The van der Waals surface area contributed by atoms with Crippen LogP contribution in [0.25, 0.3) is 0 Å². The highest BCUT2D eigenvalue weighted by Gasteiger charge is 2.21. The van der Waals surface area contributed by atoms with Crippen LogP contribution in [0.5, 0.6) is 0 Å². The molecule has 0 aliphatic carbocycles. The third kappa shape index (κ3) is 4.22. The van der Waals surface area contributed by atoms with E-state index in [0.29, 0.717) is 16.9 Å². The van der Waals surface area contributed by atoms with Crippen molar-refractivity contribution in [3.05, 3.63) is 63.7 Å². The van der Waals surface area contributed by atoms with Gasteiger partial charge in [-0.25, -0.2) is 0 Å². The van der Waals surface area contributed by atoms with Gasteiger partial charge in [-0.05, 0) is 49.7 Å². The average Bonchev–Trinajstić information content (AvgIpc) is 3.24. The molecule has 3 rings (SSSR count). The highest BCUT2D eigenvalue weighted by molar-refractivity contribution is 6.09. The molecule has 1 fully saturated rings. The van der Waals surface area contributed by atoms with E-state index in [9.17, 15) is 14.9 Å². The van der Waals surface area contributed by atoms with Gasteiger partial charge in [0.25, 0.3) is 11.6 Å². The summed E-state index contributed by atoms with van der Waals surface area (Å²) in [6.45, 7) is 0.921. The number of hydrogen-bond acceptors (Lipinski definition) is 6. The molecule has 8 nitrogen and oxygen atoms in total. The molecule has 1 aliphatic heterocycles. The number of nitro groups is 1. The Kier molecular flexibility index (Phi) is 5.77. The summed E-state index contributed by atoms with van der Waals surface area (Å²) in [5.41, 5.74) is 1.41. The molecule has 0 spiro atoms. The van der Waals surface area contributed by atoms with Crippen molar-refractivity contribution >= 4 is 29.2 Å². The zero-order chi connectivity index (χ0) is 20.1. The molecule has 1 aliphatic rings. The van der Waals surface area contributed by atoms with E-state index in [-0.39, 0.29) is 17.3 Å². The SMILES string of the molecule is CN(C(=O)c1cc([N+](=O)[O-])ccc1/N=C/C1CCCN1)c1ccc(C#N)cc1. The highest BCUT2D eigenvalue weighted by atomic mass is 16.6.